The molecule has 0 aliphatic carbocycles. The summed E-state index contributed by atoms with van der Waals surface area (Å²) in [6.45, 7) is 3.60. The van der Waals surface area contributed by atoms with E-state index in [0.29, 0.717) is 10.8 Å². The molecule has 0 bridgehead atoms. The van der Waals surface area contributed by atoms with Crippen molar-refractivity contribution in [2.45, 2.75) is 31.2 Å². The van der Waals surface area contributed by atoms with Gasteiger partial charge >= 0.3 is 0 Å². The van der Waals surface area contributed by atoms with Crippen LogP contribution in [0.15, 0.2) is 58.2 Å². The minimum Gasteiger partial charge on any atom is -0.481 e. The van der Waals surface area contributed by atoms with Gasteiger partial charge < -0.3 is 14.5 Å². The van der Waals surface area contributed by atoms with Crippen LogP contribution in [0, 0.1) is 5.82 Å². The summed E-state index contributed by atoms with van der Waals surface area (Å²) in [5.41, 5.74) is 0.847. The second kappa shape index (κ2) is 9.76. The van der Waals surface area contributed by atoms with Gasteiger partial charge in [-0.2, -0.15) is 0 Å². The van der Waals surface area contributed by atoms with E-state index in [2.05, 4.69) is 15.5 Å². The zero-order valence-electron chi connectivity index (χ0n) is 15.8. The fourth-order valence-corrected chi connectivity index (χ4v) is 3.41. The first-order chi connectivity index (χ1) is 13.9. The van der Waals surface area contributed by atoms with Crippen LogP contribution in [0.2, 0.25) is 5.02 Å². The number of ether oxygens (including phenoxy) is 1. The molecule has 1 aromatic heterocycles. The number of nitrogens with zero attached hydrogens (tertiary/aromatic N) is 2. The molecule has 29 heavy (non-hydrogen) atoms. The molecule has 152 valence electrons. The van der Waals surface area contributed by atoms with Gasteiger partial charge in [0.2, 0.25) is 5.91 Å². The maximum atomic E-state index is 13.0. The van der Waals surface area contributed by atoms with Crippen LogP contribution in [0.3, 0.4) is 0 Å². The van der Waals surface area contributed by atoms with E-state index in [-0.39, 0.29) is 34.6 Å². The van der Waals surface area contributed by atoms with E-state index < -0.39 is 6.10 Å². The monoisotopic (exact) mass is 435 g/mol. The van der Waals surface area contributed by atoms with E-state index in [1.807, 2.05) is 25.1 Å². The topological polar surface area (TPSA) is 77.2 Å². The largest absolute Gasteiger partial charge is 0.481 e. The van der Waals surface area contributed by atoms with Crippen LogP contribution in [0.1, 0.15) is 37.4 Å². The SMILES string of the molecule is C[C@@H](NC(=O)CSc1nnc([C@@H](C)Oc2ccc(F)cc2)o1)c1ccccc1Cl. The average Bonchev–Trinajstić information content (AvgIpc) is 3.18. The molecule has 3 rings (SSSR count). The van der Waals surface area contributed by atoms with Crippen LogP contribution in [0.5, 0.6) is 5.75 Å². The van der Waals surface area contributed by atoms with E-state index in [4.69, 9.17) is 20.8 Å². The molecular formula is C20H19ClFN3O3S. The molecule has 1 heterocycles. The van der Waals surface area contributed by atoms with E-state index >= 15 is 0 Å². The van der Waals surface area contributed by atoms with Crippen molar-refractivity contribution < 1.29 is 18.3 Å². The highest BCUT2D eigenvalue weighted by Crippen LogP contribution is 2.25. The third-order valence-corrected chi connectivity index (χ3v) is 5.13. The number of carbonyl (C=O) groups excluding carboxylic acids is 1. The molecule has 6 nitrogen and oxygen atoms in total. The van der Waals surface area contributed by atoms with Crippen molar-refractivity contribution in [3.05, 3.63) is 70.8 Å². The summed E-state index contributed by atoms with van der Waals surface area (Å²) in [6, 6.07) is 12.8. The Kier molecular flexibility index (Phi) is 7.11. The van der Waals surface area contributed by atoms with Crippen molar-refractivity contribution in [3.63, 3.8) is 0 Å². The Morgan fingerprint density at radius 3 is 2.66 bits per heavy atom. The molecule has 0 spiro atoms. The molecule has 1 N–H and O–H groups in total. The Bertz CT molecular complexity index is 968. The number of rotatable bonds is 8. The number of carbonyl (C=O) groups is 1. The van der Waals surface area contributed by atoms with Gasteiger partial charge in [0.05, 0.1) is 11.8 Å². The number of halogens is 2. The molecule has 0 unspecified atom stereocenters. The molecule has 3 aromatic rings. The lowest BCUT2D eigenvalue weighted by Gasteiger charge is -2.15. The van der Waals surface area contributed by atoms with Gasteiger partial charge in [0, 0.05) is 5.02 Å². The number of benzene rings is 2. The lowest BCUT2D eigenvalue weighted by Crippen LogP contribution is -2.28. The smallest absolute Gasteiger partial charge is 0.277 e. The quantitative estimate of drug-likeness (QED) is 0.503. The minimum atomic E-state index is -0.517. The van der Waals surface area contributed by atoms with Gasteiger partial charge in [-0.05, 0) is 49.7 Å². The first-order valence-corrected chi connectivity index (χ1v) is 10.2. The van der Waals surface area contributed by atoms with E-state index in [1.165, 1.54) is 24.3 Å². The van der Waals surface area contributed by atoms with Gasteiger partial charge in [0.15, 0.2) is 6.10 Å². The molecule has 2 aromatic carbocycles. The Labute approximate surface area is 176 Å². The standard InChI is InChI=1S/C20H19ClFN3O3S/c1-12(16-5-3-4-6-17(16)21)23-18(26)11-29-20-25-24-19(28-20)13(2)27-15-9-7-14(22)8-10-15/h3-10,12-13H,11H2,1-2H3,(H,23,26)/t12-,13-/m1/s1. The lowest BCUT2D eigenvalue weighted by atomic mass is 10.1. The summed E-state index contributed by atoms with van der Waals surface area (Å²) in [7, 11) is 0. The van der Waals surface area contributed by atoms with Crippen LogP contribution in [-0.4, -0.2) is 21.9 Å². The van der Waals surface area contributed by atoms with Crippen molar-refractivity contribution in [1.29, 1.82) is 0 Å². The predicted octanol–water partition coefficient (Wildman–Crippen LogP) is 4.97. The zero-order chi connectivity index (χ0) is 20.8. The third kappa shape index (κ3) is 5.95. The summed E-state index contributed by atoms with van der Waals surface area (Å²) in [5.74, 6) is 0.339. The number of aromatic nitrogens is 2. The highest BCUT2D eigenvalue weighted by molar-refractivity contribution is 7.99. The Balaban J connectivity index is 1.50. The average molecular weight is 436 g/mol. The second-order valence-corrected chi connectivity index (χ2v) is 7.55. The number of nitrogens with one attached hydrogen (secondary N) is 1. The molecule has 0 aliphatic rings. The Morgan fingerprint density at radius 2 is 1.93 bits per heavy atom. The maximum Gasteiger partial charge on any atom is 0.277 e. The molecule has 0 fully saturated rings. The lowest BCUT2D eigenvalue weighted by molar-refractivity contribution is -0.119. The van der Waals surface area contributed by atoms with Gasteiger partial charge in [-0.15, -0.1) is 10.2 Å². The van der Waals surface area contributed by atoms with E-state index in [0.717, 1.165) is 17.3 Å². The van der Waals surface area contributed by atoms with Gasteiger partial charge in [0.1, 0.15) is 11.6 Å². The summed E-state index contributed by atoms with van der Waals surface area (Å²) in [4.78, 5) is 12.2. The fourth-order valence-electron chi connectivity index (χ4n) is 2.53. The summed E-state index contributed by atoms with van der Waals surface area (Å²) in [6.07, 6.45) is -0.517. The molecule has 0 saturated heterocycles. The summed E-state index contributed by atoms with van der Waals surface area (Å²) >= 11 is 7.28. The molecule has 0 radical (unpaired) electrons. The Morgan fingerprint density at radius 1 is 1.21 bits per heavy atom. The Hall–Kier alpha value is -2.58. The normalized spacial score (nSPS) is 13.0. The number of hydrogen-bond acceptors (Lipinski definition) is 6. The van der Waals surface area contributed by atoms with Crippen LogP contribution in [-0.2, 0) is 4.79 Å². The maximum absolute atomic E-state index is 13.0. The van der Waals surface area contributed by atoms with Gasteiger partial charge in [-0.1, -0.05) is 41.6 Å². The zero-order valence-corrected chi connectivity index (χ0v) is 17.3. The highest BCUT2D eigenvalue weighted by atomic mass is 35.5. The molecule has 1 amide bonds. The number of thioether (sulfide) groups is 1. The van der Waals surface area contributed by atoms with Gasteiger partial charge in [-0.25, -0.2) is 4.39 Å². The van der Waals surface area contributed by atoms with Crippen molar-refractivity contribution in [3.8, 4) is 5.75 Å². The van der Waals surface area contributed by atoms with Crippen molar-refractivity contribution in [1.82, 2.24) is 15.5 Å². The highest BCUT2D eigenvalue weighted by Gasteiger charge is 2.18. The minimum absolute atomic E-state index is 0.115. The van der Waals surface area contributed by atoms with Crippen LogP contribution < -0.4 is 10.1 Å². The second-order valence-electron chi connectivity index (χ2n) is 6.22. The molecular weight excluding hydrogens is 417 g/mol. The molecule has 9 heteroatoms. The third-order valence-electron chi connectivity index (χ3n) is 3.97. The number of hydrogen-bond donors (Lipinski definition) is 1. The molecule has 2 atom stereocenters. The molecule has 0 saturated carbocycles. The van der Waals surface area contributed by atoms with Crippen LogP contribution >= 0.6 is 23.4 Å². The van der Waals surface area contributed by atoms with Gasteiger partial charge in [-0.3, -0.25) is 4.79 Å². The van der Waals surface area contributed by atoms with Crippen molar-refractivity contribution >= 4 is 29.3 Å². The van der Waals surface area contributed by atoms with Crippen LogP contribution in [0.25, 0.3) is 0 Å². The summed E-state index contributed by atoms with van der Waals surface area (Å²) < 4.78 is 24.1. The first-order valence-electron chi connectivity index (χ1n) is 8.84. The predicted molar refractivity (Wildman–Crippen MR) is 108 cm³/mol. The first kappa shape index (κ1) is 21.1. The van der Waals surface area contributed by atoms with Gasteiger partial charge in [0.25, 0.3) is 11.1 Å². The fraction of sp³-hybridized carbons (Fsp3) is 0.250. The number of amides is 1. The van der Waals surface area contributed by atoms with Crippen molar-refractivity contribution in [2.24, 2.45) is 0 Å². The summed E-state index contributed by atoms with van der Waals surface area (Å²) in [5, 5.41) is 11.6. The van der Waals surface area contributed by atoms with Crippen molar-refractivity contribution in [2.75, 3.05) is 5.75 Å². The van der Waals surface area contributed by atoms with E-state index in [1.54, 1.807) is 13.0 Å². The van der Waals surface area contributed by atoms with E-state index in [9.17, 15) is 9.18 Å². The molecule has 0 aliphatic heterocycles. The van der Waals surface area contributed by atoms with Crippen LogP contribution in [0.4, 0.5) is 4.39 Å².